The van der Waals surface area contributed by atoms with Gasteiger partial charge in [0.1, 0.15) is 0 Å². The van der Waals surface area contributed by atoms with Gasteiger partial charge in [0.05, 0.1) is 0 Å². The molecule has 156 valence electrons. The largest absolute Gasteiger partial charge is 0.473 e. The Morgan fingerprint density at radius 1 is 0.800 bits per heavy atom. The van der Waals surface area contributed by atoms with Crippen molar-refractivity contribution in [1.82, 2.24) is 14.8 Å². The van der Waals surface area contributed by atoms with Crippen LogP contribution in [0.15, 0.2) is 67.0 Å². The van der Waals surface area contributed by atoms with Gasteiger partial charge in [0, 0.05) is 51.7 Å². The van der Waals surface area contributed by atoms with Crippen molar-refractivity contribution in [2.24, 2.45) is 0 Å². The average molecular weight is 407 g/mol. The van der Waals surface area contributed by atoms with Crippen LogP contribution in [0.25, 0.3) is 10.8 Å². The SMILES string of the molecule is O=C(O)C(=O)O.c1cncc(CN2CCN(Cc3cccc4ccccc34)CC2)c1. The minimum atomic E-state index is -1.82. The molecule has 1 fully saturated rings. The Hall–Kier alpha value is -3.29. The molecule has 0 saturated carbocycles. The third-order valence-electron chi connectivity index (χ3n) is 5.05. The van der Waals surface area contributed by atoms with Crippen LogP contribution in [-0.4, -0.2) is 63.1 Å². The lowest BCUT2D eigenvalue weighted by atomic mass is 10.0. The minimum absolute atomic E-state index is 1.01. The van der Waals surface area contributed by atoms with Gasteiger partial charge >= 0.3 is 11.9 Å². The maximum absolute atomic E-state index is 9.10. The lowest BCUT2D eigenvalue weighted by Crippen LogP contribution is -2.45. The summed E-state index contributed by atoms with van der Waals surface area (Å²) in [6.07, 6.45) is 3.81. The van der Waals surface area contributed by atoms with Crippen molar-refractivity contribution in [2.75, 3.05) is 26.2 Å². The molecule has 2 N–H and O–H groups in total. The zero-order valence-corrected chi connectivity index (χ0v) is 16.6. The van der Waals surface area contributed by atoms with Crippen LogP contribution in [0.3, 0.4) is 0 Å². The second kappa shape index (κ2) is 10.5. The van der Waals surface area contributed by atoms with Crippen molar-refractivity contribution >= 4 is 22.7 Å². The predicted octanol–water partition coefficient (Wildman–Crippen LogP) is 2.71. The number of aliphatic carboxylic acids is 2. The molecule has 0 bridgehead atoms. The van der Waals surface area contributed by atoms with E-state index in [1.165, 1.54) is 21.9 Å². The Morgan fingerprint density at radius 3 is 2.07 bits per heavy atom. The van der Waals surface area contributed by atoms with Gasteiger partial charge in [-0.15, -0.1) is 0 Å². The third kappa shape index (κ3) is 6.10. The summed E-state index contributed by atoms with van der Waals surface area (Å²) in [5, 5.41) is 17.5. The van der Waals surface area contributed by atoms with Crippen molar-refractivity contribution < 1.29 is 19.8 Å². The van der Waals surface area contributed by atoms with Gasteiger partial charge in [0.2, 0.25) is 0 Å². The highest BCUT2D eigenvalue weighted by atomic mass is 16.4. The zero-order valence-electron chi connectivity index (χ0n) is 16.6. The Bertz CT molecular complexity index is 969. The summed E-state index contributed by atoms with van der Waals surface area (Å²) in [7, 11) is 0. The van der Waals surface area contributed by atoms with Crippen LogP contribution in [-0.2, 0) is 22.7 Å². The quantitative estimate of drug-likeness (QED) is 0.642. The summed E-state index contributed by atoms with van der Waals surface area (Å²) in [4.78, 5) is 27.5. The van der Waals surface area contributed by atoms with E-state index in [0.29, 0.717) is 0 Å². The van der Waals surface area contributed by atoms with E-state index in [1.807, 2.05) is 18.5 Å². The first-order valence-electron chi connectivity index (χ1n) is 9.79. The van der Waals surface area contributed by atoms with Gasteiger partial charge in [0.25, 0.3) is 0 Å². The number of aromatic nitrogens is 1. The van der Waals surface area contributed by atoms with Crippen LogP contribution in [0, 0.1) is 0 Å². The molecule has 1 aliphatic heterocycles. The normalized spacial score (nSPS) is 14.7. The van der Waals surface area contributed by atoms with E-state index in [-0.39, 0.29) is 0 Å². The van der Waals surface area contributed by atoms with E-state index in [9.17, 15) is 0 Å². The molecule has 2 heterocycles. The van der Waals surface area contributed by atoms with Crippen molar-refractivity contribution in [1.29, 1.82) is 0 Å². The maximum atomic E-state index is 9.10. The summed E-state index contributed by atoms with van der Waals surface area (Å²) in [6.45, 7) is 6.56. The number of pyridine rings is 1. The van der Waals surface area contributed by atoms with Crippen LogP contribution in [0.4, 0.5) is 0 Å². The average Bonchev–Trinajstić information content (AvgIpc) is 2.76. The number of hydrogen-bond donors (Lipinski definition) is 2. The molecule has 30 heavy (non-hydrogen) atoms. The first-order chi connectivity index (χ1) is 14.5. The highest BCUT2D eigenvalue weighted by Crippen LogP contribution is 2.20. The van der Waals surface area contributed by atoms with E-state index in [1.54, 1.807) is 0 Å². The molecule has 0 radical (unpaired) electrons. The molecule has 0 unspecified atom stereocenters. The minimum Gasteiger partial charge on any atom is -0.473 e. The number of piperazine rings is 1. The number of nitrogens with zero attached hydrogens (tertiary/aromatic N) is 3. The molecule has 4 rings (SSSR count). The summed E-state index contributed by atoms with van der Waals surface area (Å²) in [6, 6.07) is 19.5. The zero-order chi connectivity index (χ0) is 21.3. The summed E-state index contributed by atoms with van der Waals surface area (Å²) < 4.78 is 0. The summed E-state index contributed by atoms with van der Waals surface area (Å²) >= 11 is 0. The van der Waals surface area contributed by atoms with Crippen molar-refractivity contribution in [3.63, 3.8) is 0 Å². The number of carboxylic acid groups (broad SMARTS) is 2. The lowest BCUT2D eigenvalue weighted by Gasteiger charge is -2.34. The van der Waals surface area contributed by atoms with Gasteiger partial charge in [-0.25, -0.2) is 9.59 Å². The first-order valence-corrected chi connectivity index (χ1v) is 9.79. The first kappa shape index (κ1) is 21.4. The Kier molecular flexibility index (Phi) is 7.48. The molecule has 7 nitrogen and oxygen atoms in total. The van der Waals surface area contributed by atoms with Gasteiger partial charge in [-0.05, 0) is 28.0 Å². The van der Waals surface area contributed by atoms with Crippen molar-refractivity contribution in [3.8, 4) is 0 Å². The van der Waals surface area contributed by atoms with Crippen molar-refractivity contribution in [2.45, 2.75) is 13.1 Å². The van der Waals surface area contributed by atoms with Gasteiger partial charge < -0.3 is 10.2 Å². The number of rotatable bonds is 4. The van der Waals surface area contributed by atoms with Crippen molar-refractivity contribution in [3.05, 3.63) is 78.1 Å². The fraction of sp³-hybridized carbons (Fsp3) is 0.261. The Morgan fingerprint density at radius 2 is 1.43 bits per heavy atom. The third-order valence-corrected chi connectivity index (χ3v) is 5.05. The van der Waals surface area contributed by atoms with Gasteiger partial charge in [-0.3, -0.25) is 14.8 Å². The molecule has 0 spiro atoms. The van der Waals surface area contributed by atoms with Crippen LogP contribution >= 0.6 is 0 Å². The lowest BCUT2D eigenvalue weighted by molar-refractivity contribution is -0.159. The van der Waals surface area contributed by atoms with E-state index >= 15 is 0 Å². The second-order valence-corrected chi connectivity index (χ2v) is 7.16. The Balaban J connectivity index is 0.000000377. The number of carboxylic acids is 2. The fourth-order valence-corrected chi connectivity index (χ4v) is 3.53. The molecule has 1 aliphatic rings. The monoisotopic (exact) mass is 407 g/mol. The van der Waals surface area contributed by atoms with Gasteiger partial charge in [-0.1, -0.05) is 48.5 Å². The van der Waals surface area contributed by atoms with E-state index < -0.39 is 11.9 Å². The number of benzene rings is 2. The molecule has 2 aromatic carbocycles. The fourth-order valence-electron chi connectivity index (χ4n) is 3.53. The second-order valence-electron chi connectivity index (χ2n) is 7.16. The van der Waals surface area contributed by atoms with E-state index in [4.69, 9.17) is 19.8 Å². The van der Waals surface area contributed by atoms with Crippen LogP contribution < -0.4 is 0 Å². The van der Waals surface area contributed by atoms with E-state index in [0.717, 1.165) is 39.3 Å². The highest BCUT2D eigenvalue weighted by molar-refractivity contribution is 6.27. The molecule has 3 aromatic rings. The van der Waals surface area contributed by atoms with Crippen LogP contribution in [0.1, 0.15) is 11.1 Å². The maximum Gasteiger partial charge on any atom is 0.414 e. The summed E-state index contributed by atoms with van der Waals surface area (Å²) in [5.41, 5.74) is 2.74. The predicted molar refractivity (Wildman–Crippen MR) is 114 cm³/mol. The van der Waals surface area contributed by atoms with Crippen LogP contribution in [0.5, 0.6) is 0 Å². The van der Waals surface area contributed by atoms with E-state index in [2.05, 4.69) is 63.3 Å². The molecule has 1 saturated heterocycles. The smallest absolute Gasteiger partial charge is 0.414 e. The van der Waals surface area contributed by atoms with Crippen LogP contribution in [0.2, 0.25) is 0 Å². The molecular weight excluding hydrogens is 382 g/mol. The molecule has 0 amide bonds. The van der Waals surface area contributed by atoms with Gasteiger partial charge in [0.15, 0.2) is 0 Å². The number of fused-ring (bicyclic) bond motifs is 1. The molecular formula is C23H25N3O4. The molecule has 1 aromatic heterocycles. The molecule has 0 aliphatic carbocycles. The number of hydrogen-bond acceptors (Lipinski definition) is 5. The topological polar surface area (TPSA) is 94.0 Å². The van der Waals surface area contributed by atoms with Gasteiger partial charge in [-0.2, -0.15) is 0 Å². The molecule has 7 heteroatoms. The standard InChI is InChI=1S/C21H23N3.C2H2O4/c1-2-9-21-19(6-1)7-3-8-20(21)17-24-13-11-23(12-14-24)16-18-5-4-10-22-15-18;3-1(4)2(5)6/h1-10,15H,11-14,16-17H2;(H,3,4)(H,5,6). The number of carbonyl (C=O) groups is 2. The molecule has 0 atom stereocenters. The highest BCUT2D eigenvalue weighted by Gasteiger charge is 2.17. The Labute approximate surface area is 175 Å². The summed E-state index contributed by atoms with van der Waals surface area (Å²) in [5.74, 6) is -3.65.